The predicted octanol–water partition coefficient (Wildman–Crippen LogP) is 4.07. The second kappa shape index (κ2) is 9.07. The van der Waals surface area contributed by atoms with Crippen LogP contribution in [0.5, 0.6) is 0 Å². The number of anilines is 1. The van der Waals surface area contributed by atoms with Crippen LogP contribution in [0.25, 0.3) is 12.2 Å². The molecule has 0 saturated carbocycles. The first-order chi connectivity index (χ1) is 14.2. The Morgan fingerprint density at radius 1 is 1.23 bits per heavy atom. The molecule has 1 amide bonds. The molecule has 1 aromatic heterocycles. The Balaban J connectivity index is 1.70. The number of thiazole rings is 1. The fraction of sp³-hybridized carbons (Fsp3) is 0.409. The molecule has 0 unspecified atom stereocenters. The van der Waals surface area contributed by atoms with E-state index in [2.05, 4.69) is 29.5 Å². The summed E-state index contributed by atoms with van der Waals surface area (Å²) in [4.78, 5) is 29.3. The van der Waals surface area contributed by atoms with Crippen LogP contribution < -0.4 is 5.32 Å². The molecule has 2 aromatic rings. The molecule has 1 aliphatic heterocycles. The summed E-state index contributed by atoms with van der Waals surface area (Å²) in [7, 11) is 1.24. The van der Waals surface area contributed by atoms with Gasteiger partial charge in [-0.2, -0.15) is 0 Å². The third-order valence-electron chi connectivity index (χ3n) is 4.49. The Bertz CT molecular complexity index is 951. The van der Waals surface area contributed by atoms with Gasteiger partial charge in [0, 0.05) is 11.1 Å². The van der Waals surface area contributed by atoms with Crippen molar-refractivity contribution in [3.63, 3.8) is 0 Å². The van der Waals surface area contributed by atoms with E-state index in [1.54, 1.807) is 31.3 Å². The molecule has 30 heavy (non-hydrogen) atoms. The molecule has 2 atom stereocenters. The van der Waals surface area contributed by atoms with Crippen molar-refractivity contribution in [1.82, 2.24) is 4.98 Å². The largest absolute Gasteiger partial charge is 0.467 e. The van der Waals surface area contributed by atoms with Crippen LogP contribution in [0.1, 0.15) is 49.9 Å². The van der Waals surface area contributed by atoms with Gasteiger partial charge in [-0.05, 0) is 43.5 Å². The van der Waals surface area contributed by atoms with Gasteiger partial charge in [-0.3, -0.25) is 4.79 Å². The van der Waals surface area contributed by atoms with E-state index in [1.165, 1.54) is 7.11 Å². The summed E-state index contributed by atoms with van der Waals surface area (Å²) < 4.78 is 15.9. The van der Waals surface area contributed by atoms with Crippen LogP contribution in [0.4, 0.5) is 5.69 Å². The highest BCUT2D eigenvalue weighted by molar-refractivity contribution is 7.10. The Labute approximate surface area is 180 Å². The number of rotatable bonds is 6. The fourth-order valence-electron chi connectivity index (χ4n) is 2.99. The summed E-state index contributed by atoms with van der Waals surface area (Å²) in [6, 6.07) is 7.37. The fourth-order valence-corrected chi connectivity index (χ4v) is 3.86. The first-order valence-electron chi connectivity index (χ1n) is 9.66. The van der Waals surface area contributed by atoms with E-state index in [0.29, 0.717) is 11.6 Å². The van der Waals surface area contributed by atoms with Crippen LogP contribution in [0.2, 0.25) is 0 Å². The molecule has 2 heterocycles. The number of esters is 1. The van der Waals surface area contributed by atoms with E-state index in [1.807, 2.05) is 30.4 Å². The van der Waals surface area contributed by atoms with Crippen molar-refractivity contribution < 1.29 is 23.8 Å². The van der Waals surface area contributed by atoms with Gasteiger partial charge < -0.3 is 19.5 Å². The number of nitrogens with one attached hydrogen (secondary N) is 1. The van der Waals surface area contributed by atoms with Gasteiger partial charge in [-0.25, -0.2) is 9.78 Å². The van der Waals surface area contributed by atoms with E-state index < -0.39 is 29.9 Å². The summed E-state index contributed by atoms with van der Waals surface area (Å²) >= 11 is 1.59. The van der Waals surface area contributed by atoms with E-state index in [0.717, 1.165) is 16.3 Å². The van der Waals surface area contributed by atoms with E-state index >= 15 is 0 Å². The third-order valence-corrected chi connectivity index (χ3v) is 5.32. The highest BCUT2D eigenvalue weighted by atomic mass is 32.1. The molecule has 7 nitrogen and oxygen atoms in total. The molecule has 8 heteroatoms. The Kier molecular flexibility index (Phi) is 6.70. The van der Waals surface area contributed by atoms with Crippen molar-refractivity contribution in [3.05, 3.63) is 45.9 Å². The first kappa shape index (κ1) is 22.1. The molecular formula is C22H26N2O5S. The normalized spacial score (nSPS) is 20.6. The van der Waals surface area contributed by atoms with Crippen molar-refractivity contribution in [2.75, 3.05) is 12.4 Å². The summed E-state index contributed by atoms with van der Waals surface area (Å²) in [6.45, 7) is 7.51. The number of aromatic nitrogens is 1. The Hall–Kier alpha value is -2.55. The Morgan fingerprint density at radius 3 is 2.63 bits per heavy atom. The van der Waals surface area contributed by atoms with Crippen molar-refractivity contribution in [2.45, 2.75) is 51.6 Å². The smallest absolute Gasteiger partial charge is 0.338 e. The average Bonchev–Trinajstić information content (AvgIpc) is 3.30. The third kappa shape index (κ3) is 5.33. The number of carbonyl (C=O) groups excluding carboxylic acids is 2. The zero-order valence-electron chi connectivity index (χ0n) is 17.7. The summed E-state index contributed by atoms with van der Waals surface area (Å²) in [5, 5.41) is 5.77. The molecule has 1 saturated heterocycles. The van der Waals surface area contributed by atoms with Crippen LogP contribution in [-0.4, -0.2) is 42.0 Å². The van der Waals surface area contributed by atoms with E-state index in [9.17, 15) is 9.59 Å². The standard InChI is InChI=1S/C22H26N2O5S/c1-13(2)16-12-30-17(24-16)10-9-14-7-6-8-15(11-14)23-20(25)18-19(21(26)27-5)29-22(3,4)28-18/h6-13,18-19H,1-5H3,(H,23,25)/b10-9+/t18-,19-/m1/s1. The molecule has 1 aliphatic rings. The van der Waals surface area contributed by atoms with Gasteiger partial charge in [0.1, 0.15) is 5.01 Å². The molecule has 0 radical (unpaired) electrons. The minimum Gasteiger partial charge on any atom is -0.467 e. The second-order valence-corrected chi connectivity index (χ2v) is 8.60. The van der Waals surface area contributed by atoms with Gasteiger partial charge in [-0.15, -0.1) is 11.3 Å². The second-order valence-electron chi connectivity index (χ2n) is 7.71. The maximum absolute atomic E-state index is 12.7. The minimum atomic E-state index is -1.12. The molecule has 1 fully saturated rings. The molecular weight excluding hydrogens is 404 g/mol. The van der Waals surface area contributed by atoms with Crippen molar-refractivity contribution in [3.8, 4) is 0 Å². The summed E-state index contributed by atoms with van der Waals surface area (Å²) in [5.41, 5.74) is 2.56. The number of hydrogen-bond donors (Lipinski definition) is 1. The molecule has 3 rings (SSSR count). The topological polar surface area (TPSA) is 86.8 Å². The highest BCUT2D eigenvalue weighted by Crippen LogP contribution is 2.30. The summed E-state index contributed by atoms with van der Waals surface area (Å²) in [5.74, 6) is -1.80. The molecule has 1 aromatic carbocycles. The predicted molar refractivity (Wildman–Crippen MR) is 116 cm³/mol. The number of benzene rings is 1. The minimum absolute atomic E-state index is 0.391. The van der Waals surface area contributed by atoms with Gasteiger partial charge in [0.05, 0.1) is 12.8 Å². The lowest BCUT2D eigenvalue weighted by molar-refractivity contribution is -0.168. The van der Waals surface area contributed by atoms with Gasteiger partial charge >= 0.3 is 5.97 Å². The first-order valence-corrected chi connectivity index (χ1v) is 10.5. The summed E-state index contributed by atoms with van der Waals surface area (Å²) in [6.07, 6.45) is 1.67. The van der Waals surface area contributed by atoms with Gasteiger partial charge in [0.2, 0.25) is 0 Å². The lowest BCUT2D eigenvalue weighted by Gasteiger charge is -2.16. The number of ether oxygens (including phenoxy) is 3. The van der Waals surface area contributed by atoms with E-state index in [-0.39, 0.29) is 0 Å². The zero-order chi connectivity index (χ0) is 21.9. The van der Waals surface area contributed by atoms with Crippen LogP contribution in [-0.2, 0) is 23.8 Å². The van der Waals surface area contributed by atoms with Crippen LogP contribution in [0, 0.1) is 0 Å². The number of methoxy groups -OCH3 is 1. The van der Waals surface area contributed by atoms with Crippen molar-refractivity contribution >= 4 is 41.1 Å². The SMILES string of the molecule is COC(=O)[C@@H]1OC(C)(C)O[C@H]1C(=O)Nc1cccc(/C=C/c2nc(C(C)C)cs2)c1. The van der Waals surface area contributed by atoms with Gasteiger partial charge in [-0.1, -0.05) is 32.1 Å². The maximum atomic E-state index is 12.7. The molecule has 1 N–H and O–H groups in total. The lowest BCUT2D eigenvalue weighted by Crippen LogP contribution is -2.41. The number of carbonyl (C=O) groups is 2. The van der Waals surface area contributed by atoms with Crippen LogP contribution in [0.3, 0.4) is 0 Å². The molecule has 0 bridgehead atoms. The van der Waals surface area contributed by atoms with Crippen LogP contribution >= 0.6 is 11.3 Å². The van der Waals surface area contributed by atoms with Crippen molar-refractivity contribution in [2.24, 2.45) is 0 Å². The molecule has 0 spiro atoms. The van der Waals surface area contributed by atoms with Crippen LogP contribution in [0.15, 0.2) is 29.6 Å². The van der Waals surface area contributed by atoms with Gasteiger partial charge in [0.15, 0.2) is 18.0 Å². The van der Waals surface area contributed by atoms with Gasteiger partial charge in [0.25, 0.3) is 5.91 Å². The zero-order valence-corrected chi connectivity index (χ0v) is 18.5. The maximum Gasteiger partial charge on any atom is 0.338 e. The van der Waals surface area contributed by atoms with Crippen molar-refractivity contribution in [1.29, 1.82) is 0 Å². The molecule has 0 aliphatic carbocycles. The lowest BCUT2D eigenvalue weighted by atomic mass is 10.1. The highest BCUT2D eigenvalue weighted by Gasteiger charge is 2.49. The average molecular weight is 431 g/mol. The molecule has 160 valence electrons. The van der Waals surface area contributed by atoms with E-state index in [4.69, 9.17) is 14.2 Å². The quantitative estimate of drug-likeness (QED) is 0.695. The Morgan fingerprint density at radius 2 is 1.97 bits per heavy atom. The number of amides is 1. The monoisotopic (exact) mass is 430 g/mol. The number of nitrogens with zero attached hydrogens (tertiary/aromatic N) is 1. The number of hydrogen-bond acceptors (Lipinski definition) is 7.